The van der Waals surface area contributed by atoms with E-state index in [0.717, 1.165) is 32.1 Å². The van der Waals surface area contributed by atoms with Crippen LogP contribution in [-0.4, -0.2) is 17.2 Å². The number of amides is 1. The summed E-state index contributed by atoms with van der Waals surface area (Å²) in [5, 5.41) is 12.6. The summed E-state index contributed by atoms with van der Waals surface area (Å²) in [5.41, 5.74) is 0. The molecule has 3 heteroatoms. The zero-order chi connectivity index (χ0) is 11.8. The first-order chi connectivity index (χ1) is 7.74. The van der Waals surface area contributed by atoms with Crippen LogP contribution in [0.2, 0.25) is 0 Å². The van der Waals surface area contributed by atoms with E-state index < -0.39 is 6.23 Å². The Balaban J connectivity index is 2.16. The number of carbonyl (C=O) groups is 1. The molecule has 0 heterocycles. The van der Waals surface area contributed by atoms with E-state index in [9.17, 15) is 9.90 Å². The molecule has 0 aliphatic heterocycles. The Kier molecular flexibility index (Phi) is 6.46. The van der Waals surface area contributed by atoms with Crippen LogP contribution in [0.15, 0.2) is 0 Å². The first-order valence-electron chi connectivity index (χ1n) is 6.71. The molecule has 0 radical (unpaired) electrons. The Bertz CT molecular complexity index is 200. The van der Waals surface area contributed by atoms with E-state index in [-0.39, 0.29) is 11.8 Å². The quantitative estimate of drug-likeness (QED) is 0.541. The highest BCUT2D eigenvalue weighted by Crippen LogP contribution is 2.25. The molecule has 0 spiro atoms. The number of nitrogens with one attached hydrogen (secondary N) is 1. The lowest BCUT2D eigenvalue weighted by Crippen LogP contribution is -2.40. The van der Waals surface area contributed by atoms with Gasteiger partial charge >= 0.3 is 0 Å². The molecule has 0 aromatic heterocycles. The van der Waals surface area contributed by atoms with Crippen molar-refractivity contribution in [3.8, 4) is 0 Å². The summed E-state index contributed by atoms with van der Waals surface area (Å²) in [7, 11) is 0. The molecule has 1 saturated carbocycles. The summed E-state index contributed by atoms with van der Waals surface area (Å²) < 4.78 is 0. The van der Waals surface area contributed by atoms with E-state index >= 15 is 0 Å². The van der Waals surface area contributed by atoms with E-state index in [0.29, 0.717) is 6.42 Å². The maximum Gasteiger partial charge on any atom is 0.221 e. The Hall–Kier alpha value is -0.570. The van der Waals surface area contributed by atoms with E-state index in [1.165, 1.54) is 19.3 Å². The molecule has 1 aliphatic carbocycles. The van der Waals surface area contributed by atoms with Crippen LogP contribution in [0.25, 0.3) is 0 Å². The summed E-state index contributed by atoms with van der Waals surface area (Å²) in [6.45, 7) is 2.12. The van der Waals surface area contributed by atoms with Crippen LogP contribution in [-0.2, 0) is 4.79 Å². The molecule has 0 aromatic carbocycles. The second-order valence-corrected chi connectivity index (χ2v) is 4.87. The molecule has 2 N–H and O–H groups in total. The van der Waals surface area contributed by atoms with Gasteiger partial charge in [-0.2, -0.15) is 0 Å². The third-order valence-electron chi connectivity index (χ3n) is 3.41. The lowest BCUT2D eigenvalue weighted by Gasteiger charge is -2.27. The van der Waals surface area contributed by atoms with Crippen molar-refractivity contribution in [1.29, 1.82) is 0 Å². The fourth-order valence-corrected chi connectivity index (χ4v) is 2.34. The zero-order valence-electron chi connectivity index (χ0n) is 10.4. The Morgan fingerprint density at radius 3 is 2.62 bits per heavy atom. The topological polar surface area (TPSA) is 49.3 Å². The number of aliphatic hydroxyl groups excluding tert-OH is 1. The van der Waals surface area contributed by atoms with Crippen molar-refractivity contribution in [2.24, 2.45) is 5.92 Å². The fourth-order valence-electron chi connectivity index (χ4n) is 2.34. The smallest absolute Gasteiger partial charge is 0.221 e. The van der Waals surface area contributed by atoms with Crippen molar-refractivity contribution in [2.45, 2.75) is 70.9 Å². The van der Waals surface area contributed by atoms with Gasteiger partial charge in [-0.1, -0.05) is 39.0 Å². The largest absolute Gasteiger partial charge is 0.373 e. The molecule has 1 aliphatic rings. The van der Waals surface area contributed by atoms with Gasteiger partial charge in [-0.3, -0.25) is 4.79 Å². The summed E-state index contributed by atoms with van der Waals surface area (Å²) in [5.74, 6) is 0.287. The van der Waals surface area contributed by atoms with Gasteiger partial charge in [0.05, 0.1) is 0 Å². The van der Waals surface area contributed by atoms with Gasteiger partial charge in [-0.05, 0) is 19.3 Å². The maximum absolute atomic E-state index is 11.5. The number of carbonyl (C=O) groups excluding carboxylic acids is 1. The molecular formula is C13H25NO2. The maximum atomic E-state index is 11.5. The van der Waals surface area contributed by atoms with Crippen LogP contribution in [0.3, 0.4) is 0 Å². The number of rotatable bonds is 6. The van der Waals surface area contributed by atoms with Crippen LogP contribution in [0, 0.1) is 5.92 Å². The SMILES string of the molecule is CCCCCC(=O)NC(O)C1CCCCC1. The third-order valence-corrected chi connectivity index (χ3v) is 3.41. The Labute approximate surface area is 98.6 Å². The van der Waals surface area contributed by atoms with Crippen LogP contribution in [0.4, 0.5) is 0 Å². The van der Waals surface area contributed by atoms with Crippen LogP contribution >= 0.6 is 0 Å². The van der Waals surface area contributed by atoms with Gasteiger partial charge in [0.25, 0.3) is 0 Å². The molecule has 1 atom stereocenters. The van der Waals surface area contributed by atoms with Crippen molar-refractivity contribution >= 4 is 5.91 Å². The number of unbranched alkanes of at least 4 members (excludes halogenated alkanes) is 2. The molecule has 1 unspecified atom stereocenters. The average Bonchev–Trinajstić information content (AvgIpc) is 2.30. The van der Waals surface area contributed by atoms with E-state index in [4.69, 9.17) is 0 Å². The molecule has 1 amide bonds. The molecule has 1 fully saturated rings. The van der Waals surface area contributed by atoms with Gasteiger partial charge in [-0.15, -0.1) is 0 Å². The van der Waals surface area contributed by atoms with Crippen LogP contribution in [0.1, 0.15) is 64.7 Å². The third kappa shape index (κ3) is 4.97. The fraction of sp³-hybridized carbons (Fsp3) is 0.923. The molecular weight excluding hydrogens is 202 g/mol. The van der Waals surface area contributed by atoms with Gasteiger partial charge in [0.1, 0.15) is 6.23 Å². The first kappa shape index (κ1) is 13.5. The summed E-state index contributed by atoms with van der Waals surface area (Å²) >= 11 is 0. The lowest BCUT2D eigenvalue weighted by molar-refractivity contribution is -0.125. The summed E-state index contributed by atoms with van der Waals surface area (Å²) in [6, 6.07) is 0. The van der Waals surface area contributed by atoms with Crippen molar-refractivity contribution < 1.29 is 9.90 Å². The van der Waals surface area contributed by atoms with Crippen LogP contribution < -0.4 is 5.32 Å². The predicted octanol–water partition coefficient (Wildman–Crippen LogP) is 2.58. The number of hydrogen-bond acceptors (Lipinski definition) is 2. The molecule has 3 nitrogen and oxygen atoms in total. The summed E-state index contributed by atoms with van der Waals surface area (Å²) in [6.07, 6.45) is 8.83. The molecule has 0 saturated heterocycles. The lowest BCUT2D eigenvalue weighted by atomic mass is 9.88. The molecule has 1 rings (SSSR count). The standard InChI is InChI=1S/C13H25NO2/c1-2-3-5-10-12(15)14-13(16)11-8-6-4-7-9-11/h11,13,16H,2-10H2,1H3,(H,14,15). The predicted molar refractivity (Wildman–Crippen MR) is 64.9 cm³/mol. The highest BCUT2D eigenvalue weighted by Gasteiger charge is 2.22. The first-order valence-corrected chi connectivity index (χ1v) is 6.71. The minimum atomic E-state index is -0.616. The number of aliphatic hydroxyl groups is 1. The normalized spacial score (nSPS) is 19.4. The van der Waals surface area contributed by atoms with Gasteiger partial charge < -0.3 is 10.4 Å². The molecule has 94 valence electrons. The van der Waals surface area contributed by atoms with Gasteiger partial charge in [0.15, 0.2) is 0 Å². The van der Waals surface area contributed by atoms with Crippen molar-refractivity contribution in [3.63, 3.8) is 0 Å². The molecule has 16 heavy (non-hydrogen) atoms. The monoisotopic (exact) mass is 227 g/mol. The molecule has 0 bridgehead atoms. The number of hydrogen-bond donors (Lipinski definition) is 2. The summed E-state index contributed by atoms with van der Waals surface area (Å²) in [4.78, 5) is 11.5. The van der Waals surface area contributed by atoms with Crippen molar-refractivity contribution in [3.05, 3.63) is 0 Å². The van der Waals surface area contributed by atoms with Crippen molar-refractivity contribution in [2.75, 3.05) is 0 Å². The van der Waals surface area contributed by atoms with Crippen LogP contribution in [0.5, 0.6) is 0 Å². The van der Waals surface area contributed by atoms with E-state index in [1.807, 2.05) is 0 Å². The highest BCUT2D eigenvalue weighted by molar-refractivity contribution is 5.75. The zero-order valence-corrected chi connectivity index (χ0v) is 10.4. The van der Waals surface area contributed by atoms with Crippen molar-refractivity contribution in [1.82, 2.24) is 5.32 Å². The second kappa shape index (κ2) is 7.66. The Morgan fingerprint density at radius 1 is 1.31 bits per heavy atom. The van der Waals surface area contributed by atoms with Gasteiger partial charge in [0, 0.05) is 12.3 Å². The highest BCUT2D eigenvalue weighted by atomic mass is 16.3. The van der Waals surface area contributed by atoms with E-state index in [1.54, 1.807) is 0 Å². The van der Waals surface area contributed by atoms with Gasteiger partial charge in [0.2, 0.25) is 5.91 Å². The van der Waals surface area contributed by atoms with Gasteiger partial charge in [-0.25, -0.2) is 0 Å². The molecule has 0 aromatic rings. The average molecular weight is 227 g/mol. The minimum Gasteiger partial charge on any atom is -0.373 e. The van der Waals surface area contributed by atoms with E-state index in [2.05, 4.69) is 12.2 Å². The second-order valence-electron chi connectivity index (χ2n) is 4.87. The minimum absolute atomic E-state index is 0.00604. The Morgan fingerprint density at radius 2 is 2.00 bits per heavy atom.